The monoisotopic (exact) mass is 305 g/mol. The molecule has 0 unspecified atom stereocenters. The zero-order valence-corrected chi connectivity index (χ0v) is 13.1. The van der Waals surface area contributed by atoms with Crippen molar-refractivity contribution < 1.29 is 9.53 Å². The first-order valence-electron chi connectivity index (χ1n) is 7.67. The molecule has 1 amide bonds. The lowest BCUT2D eigenvalue weighted by Gasteiger charge is -2.09. The number of carbonyl (C=O) groups is 1. The van der Waals surface area contributed by atoms with Gasteiger partial charge in [0.05, 0.1) is 7.11 Å². The van der Waals surface area contributed by atoms with Crippen LogP contribution in [0.15, 0.2) is 66.7 Å². The molecule has 0 saturated heterocycles. The largest absolute Gasteiger partial charge is 0.497 e. The fourth-order valence-corrected chi connectivity index (χ4v) is 2.66. The van der Waals surface area contributed by atoms with Crippen molar-refractivity contribution in [3.05, 3.63) is 77.9 Å². The number of methoxy groups -OCH3 is 1. The van der Waals surface area contributed by atoms with Crippen LogP contribution in [0.4, 0.5) is 0 Å². The maximum atomic E-state index is 12.1. The molecule has 3 nitrogen and oxygen atoms in total. The number of ether oxygens (including phenoxy) is 1. The van der Waals surface area contributed by atoms with E-state index >= 15 is 0 Å². The van der Waals surface area contributed by atoms with Crippen LogP contribution in [0.5, 0.6) is 5.75 Å². The van der Waals surface area contributed by atoms with E-state index in [0.29, 0.717) is 12.1 Å². The van der Waals surface area contributed by atoms with Gasteiger partial charge in [-0.05, 0) is 47.0 Å². The predicted molar refractivity (Wildman–Crippen MR) is 93.0 cm³/mol. The smallest absolute Gasteiger partial charge is 0.251 e. The third-order valence-electron chi connectivity index (χ3n) is 3.90. The van der Waals surface area contributed by atoms with Gasteiger partial charge in [0.15, 0.2) is 0 Å². The van der Waals surface area contributed by atoms with E-state index in [4.69, 9.17) is 4.74 Å². The van der Waals surface area contributed by atoms with Crippen LogP contribution in [-0.2, 0) is 6.42 Å². The Kier molecular flexibility index (Phi) is 4.57. The molecule has 116 valence electrons. The molecule has 3 heteroatoms. The van der Waals surface area contributed by atoms with Gasteiger partial charge in [-0.2, -0.15) is 0 Å². The Hall–Kier alpha value is -2.81. The molecule has 0 aliphatic carbocycles. The maximum absolute atomic E-state index is 12.1. The van der Waals surface area contributed by atoms with E-state index in [9.17, 15) is 4.79 Å². The molecule has 0 aromatic heterocycles. The number of benzene rings is 3. The molecular formula is C20H19NO2. The van der Waals surface area contributed by atoms with Crippen LogP contribution in [0.3, 0.4) is 0 Å². The van der Waals surface area contributed by atoms with Crippen LogP contribution >= 0.6 is 0 Å². The van der Waals surface area contributed by atoms with E-state index in [0.717, 1.165) is 12.2 Å². The Bertz CT molecular complexity index is 812. The van der Waals surface area contributed by atoms with Crippen LogP contribution in [0.1, 0.15) is 15.9 Å². The maximum Gasteiger partial charge on any atom is 0.251 e. The summed E-state index contributed by atoms with van der Waals surface area (Å²) in [6.45, 7) is 0.601. The molecule has 3 aromatic carbocycles. The highest BCUT2D eigenvalue weighted by Gasteiger charge is 2.06. The summed E-state index contributed by atoms with van der Waals surface area (Å²) in [6, 6.07) is 21.6. The van der Waals surface area contributed by atoms with Gasteiger partial charge in [0.1, 0.15) is 5.75 Å². The molecule has 0 aliphatic heterocycles. The molecule has 0 fully saturated rings. The molecule has 0 bridgehead atoms. The van der Waals surface area contributed by atoms with Crippen molar-refractivity contribution in [2.24, 2.45) is 0 Å². The number of fused-ring (bicyclic) bond motifs is 1. The fourth-order valence-electron chi connectivity index (χ4n) is 2.66. The Balaban J connectivity index is 1.71. The van der Waals surface area contributed by atoms with Gasteiger partial charge >= 0.3 is 0 Å². The van der Waals surface area contributed by atoms with E-state index in [1.54, 1.807) is 7.11 Å². The molecular weight excluding hydrogens is 286 g/mol. The molecule has 0 radical (unpaired) electrons. The second-order valence-electron chi connectivity index (χ2n) is 5.38. The average Bonchev–Trinajstić information content (AvgIpc) is 2.62. The molecule has 0 saturated carbocycles. The quantitative estimate of drug-likeness (QED) is 0.778. The first-order chi connectivity index (χ1) is 11.3. The van der Waals surface area contributed by atoms with Crippen LogP contribution in [0.25, 0.3) is 10.8 Å². The van der Waals surface area contributed by atoms with Gasteiger partial charge in [-0.3, -0.25) is 4.79 Å². The van der Waals surface area contributed by atoms with Gasteiger partial charge < -0.3 is 10.1 Å². The van der Waals surface area contributed by atoms with Crippen LogP contribution in [-0.4, -0.2) is 19.6 Å². The first-order valence-corrected chi connectivity index (χ1v) is 7.67. The SMILES string of the molecule is COc1ccc2cccc(CCNC(=O)c3ccccc3)c2c1. The minimum atomic E-state index is -0.0385. The van der Waals surface area contributed by atoms with Crippen molar-refractivity contribution in [3.8, 4) is 5.75 Å². The van der Waals surface area contributed by atoms with Gasteiger partial charge in [0.25, 0.3) is 5.91 Å². The normalized spacial score (nSPS) is 10.5. The second-order valence-corrected chi connectivity index (χ2v) is 5.38. The number of carbonyl (C=O) groups excluding carboxylic acids is 1. The van der Waals surface area contributed by atoms with Crippen molar-refractivity contribution in [2.45, 2.75) is 6.42 Å². The van der Waals surface area contributed by atoms with Gasteiger partial charge in [0.2, 0.25) is 0 Å². The Morgan fingerprint density at radius 3 is 2.61 bits per heavy atom. The number of hydrogen-bond donors (Lipinski definition) is 1. The summed E-state index contributed by atoms with van der Waals surface area (Å²) in [5, 5.41) is 5.32. The second kappa shape index (κ2) is 6.97. The lowest BCUT2D eigenvalue weighted by Crippen LogP contribution is -2.25. The Morgan fingerprint density at radius 1 is 1.00 bits per heavy atom. The molecule has 0 aliphatic rings. The predicted octanol–water partition coefficient (Wildman–Crippen LogP) is 3.82. The first kappa shape index (κ1) is 15.1. The average molecular weight is 305 g/mol. The van der Waals surface area contributed by atoms with Gasteiger partial charge in [-0.1, -0.05) is 42.5 Å². The topological polar surface area (TPSA) is 38.3 Å². The molecule has 0 heterocycles. The molecule has 0 atom stereocenters. The molecule has 3 aromatic rings. The van der Waals surface area contributed by atoms with Crippen molar-refractivity contribution in [1.82, 2.24) is 5.32 Å². The standard InChI is InChI=1S/C20H19NO2/c1-23-18-11-10-15-8-5-9-16(19(15)14-18)12-13-21-20(22)17-6-3-2-4-7-17/h2-11,14H,12-13H2,1H3,(H,21,22). The summed E-state index contributed by atoms with van der Waals surface area (Å²) < 4.78 is 5.31. The summed E-state index contributed by atoms with van der Waals surface area (Å²) in [6.07, 6.45) is 0.781. The van der Waals surface area contributed by atoms with Crippen molar-refractivity contribution in [3.63, 3.8) is 0 Å². The van der Waals surface area contributed by atoms with Crippen molar-refractivity contribution in [1.29, 1.82) is 0 Å². The summed E-state index contributed by atoms with van der Waals surface area (Å²) in [4.78, 5) is 12.1. The summed E-state index contributed by atoms with van der Waals surface area (Å²) in [5.74, 6) is 0.807. The van der Waals surface area contributed by atoms with Crippen molar-refractivity contribution in [2.75, 3.05) is 13.7 Å². The lowest BCUT2D eigenvalue weighted by atomic mass is 10.0. The molecule has 3 rings (SSSR count). The third-order valence-corrected chi connectivity index (χ3v) is 3.90. The summed E-state index contributed by atoms with van der Waals surface area (Å²) in [7, 11) is 1.67. The van der Waals surface area contributed by atoms with E-state index < -0.39 is 0 Å². The number of rotatable bonds is 5. The Labute approximate surface area is 135 Å². The van der Waals surface area contributed by atoms with E-state index in [-0.39, 0.29) is 5.91 Å². The number of nitrogens with one attached hydrogen (secondary N) is 1. The number of hydrogen-bond acceptors (Lipinski definition) is 2. The molecule has 1 N–H and O–H groups in total. The third kappa shape index (κ3) is 3.51. The minimum Gasteiger partial charge on any atom is -0.497 e. The highest BCUT2D eigenvalue weighted by Crippen LogP contribution is 2.24. The highest BCUT2D eigenvalue weighted by molar-refractivity contribution is 5.94. The zero-order valence-electron chi connectivity index (χ0n) is 13.1. The number of amides is 1. The van der Waals surface area contributed by atoms with Crippen LogP contribution < -0.4 is 10.1 Å². The summed E-state index contributed by atoms with van der Waals surface area (Å²) in [5.41, 5.74) is 1.89. The van der Waals surface area contributed by atoms with Crippen molar-refractivity contribution >= 4 is 16.7 Å². The molecule has 23 heavy (non-hydrogen) atoms. The van der Waals surface area contributed by atoms with E-state index in [1.807, 2.05) is 48.5 Å². The zero-order chi connectivity index (χ0) is 16.1. The summed E-state index contributed by atoms with van der Waals surface area (Å²) >= 11 is 0. The Morgan fingerprint density at radius 2 is 1.83 bits per heavy atom. The lowest BCUT2D eigenvalue weighted by molar-refractivity contribution is 0.0954. The van der Waals surface area contributed by atoms with Gasteiger partial charge in [-0.15, -0.1) is 0 Å². The van der Waals surface area contributed by atoms with E-state index in [1.165, 1.54) is 16.3 Å². The minimum absolute atomic E-state index is 0.0385. The van der Waals surface area contributed by atoms with Gasteiger partial charge in [-0.25, -0.2) is 0 Å². The molecule has 0 spiro atoms. The highest BCUT2D eigenvalue weighted by atomic mass is 16.5. The van der Waals surface area contributed by atoms with Crippen LogP contribution in [0, 0.1) is 0 Å². The van der Waals surface area contributed by atoms with E-state index in [2.05, 4.69) is 23.5 Å². The van der Waals surface area contributed by atoms with Crippen LogP contribution in [0.2, 0.25) is 0 Å². The fraction of sp³-hybridized carbons (Fsp3) is 0.150. The van der Waals surface area contributed by atoms with Gasteiger partial charge in [0, 0.05) is 12.1 Å².